The van der Waals surface area contributed by atoms with Gasteiger partial charge in [0.1, 0.15) is 0 Å². The van der Waals surface area contributed by atoms with Gasteiger partial charge >= 0.3 is 0 Å². The van der Waals surface area contributed by atoms with E-state index in [1.54, 1.807) is 0 Å². The highest BCUT2D eigenvalue weighted by atomic mass is 79.9. The van der Waals surface area contributed by atoms with Crippen LogP contribution in [0.1, 0.15) is 44.9 Å². The third-order valence-corrected chi connectivity index (χ3v) is 4.30. The maximum absolute atomic E-state index is 6.05. The Labute approximate surface area is 126 Å². The van der Waals surface area contributed by atoms with Crippen LogP contribution in [0, 0.1) is 12.8 Å². The highest BCUT2D eigenvalue weighted by molar-refractivity contribution is 9.10. The maximum Gasteiger partial charge on any atom is 0.0473 e. The molecule has 1 aromatic rings. The molecule has 0 bridgehead atoms. The fourth-order valence-electron chi connectivity index (χ4n) is 2.40. The third kappa shape index (κ3) is 4.59. The van der Waals surface area contributed by atoms with E-state index in [-0.39, 0.29) is 0 Å². The second-order valence-electron chi connectivity index (χ2n) is 5.94. The van der Waals surface area contributed by atoms with E-state index in [9.17, 15) is 0 Å². The first-order valence-electron chi connectivity index (χ1n) is 7.08. The van der Waals surface area contributed by atoms with Crippen molar-refractivity contribution in [1.82, 2.24) is 4.90 Å². The summed E-state index contributed by atoms with van der Waals surface area (Å²) in [5.74, 6) is 0.644. The molecule has 0 aliphatic carbocycles. The molecular weight excluding hydrogens is 300 g/mol. The van der Waals surface area contributed by atoms with Crippen molar-refractivity contribution >= 4 is 15.9 Å². The van der Waals surface area contributed by atoms with Crippen molar-refractivity contribution in [1.29, 1.82) is 0 Å². The van der Waals surface area contributed by atoms with Gasteiger partial charge in [0.2, 0.25) is 0 Å². The van der Waals surface area contributed by atoms with E-state index in [0.29, 0.717) is 24.5 Å². The van der Waals surface area contributed by atoms with Crippen molar-refractivity contribution in [3.63, 3.8) is 0 Å². The summed E-state index contributed by atoms with van der Waals surface area (Å²) in [6, 6.07) is 7.36. The molecule has 1 unspecified atom stereocenters. The summed E-state index contributed by atoms with van der Waals surface area (Å²) in [6.07, 6.45) is 0. The van der Waals surface area contributed by atoms with Crippen LogP contribution >= 0.6 is 15.9 Å². The second kappa shape index (κ2) is 7.41. The summed E-state index contributed by atoms with van der Waals surface area (Å²) >= 11 is 3.62. The van der Waals surface area contributed by atoms with Crippen LogP contribution in [0.3, 0.4) is 0 Å². The molecule has 0 saturated heterocycles. The lowest BCUT2D eigenvalue weighted by Gasteiger charge is -2.36. The zero-order valence-corrected chi connectivity index (χ0v) is 14.4. The first-order chi connectivity index (χ1) is 8.86. The zero-order chi connectivity index (χ0) is 14.6. The molecule has 0 saturated carbocycles. The summed E-state index contributed by atoms with van der Waals surface area (Å²) in [5, 5.41) is 0. The fourth-order valence-corrected chi connectivity index (χ4v) is 2.80. The molecule has 0 heterocycles. The molecule has 0 amide bonds. The normalized spacial score (nSPS) is 13.6. The van der Waals surface area contributed by atoms with E-state index in [4.69, 9.17) is 5.73 Å². The molecule has 0 aliphatic rings. The highest BCUT2D eigenvalue weighted by Gasteiger charge is 2.22. The Morgan fingerprint density at radius 1 is 1.21 bits per heavy atom. The van der Waals surface area contributed by atoms with Gasteiger partial charge in [0.15, 0.2) is 0 Å². The predicted octanol–water partition coefficient (Wildman–Crippen LogP) is 4.12. The largest absolute Gasteiger partial charge is 0.329 e. The minimum atomic E-state index is 0.291. The number of aryl methyl sites for hydroxylation is 1. The number of halogens is 1. The number of rotatable bonds is 6. The molecule has 0 aromatic heterocycles. The minimum absolute atomic E-state index is 0.291. The molecule has 0 spiro atoms. The van der Waals surface area contributed by atoms with E-state index in [1.807, 2.05) is 0 Å². The first kappa shape index (κ1) is 16.7. The summed E-state index contributed by atoms with van der Waals surface area (Å²) in [5.41, 5.74) is 8.61. The van der Waals surface area contributed by atoms with Crippen LogP contribution in [0.2, 0.25) is 0 Å². The number of hydrogen-bond donors (Lipinski definition) is 1. The quantitative estimate of drug-likeness (QED) is 0.851. The minimum Gasteiger partial charge on any atom is -0.329 e. The van der Waals surface area contributed by atoms with Gasteiger partial charge in [0.25, 0.3) is 0 Å². The number of hydrogen-bond acceptors (Lipinski definition) is 2. The van der Waals surface area contributed by atoms with Crippen molar-refractivity contribution in [3.05, 3.63) is 33.8 Å². The van der Waals surface area contributed by atoms with E-state index in [0.717, 1.165) is 11.0 Å². The Morgan fingerprint density at radius 3 is 2.26 bits per heavy atom. The Balaban J connectivity index is 3.04. The van der Waals surface area contributed by atoms with Crippen LogP contribution in [0.5, 0.6) is 0 Å². The molecule has 0 radical (unpaired) electrons. The van der Waals surface area contributed by atoms with E-state index in [1.165, 1.54) is 11.1 Å². The average Bonchev–Trinajstić information content (AvgIpc) is 2.32. The molecule has 108 valence electrons. The Hall–Kier alpha value is -0.380. The molecule has 2 N–H and O–H groups in total. The van der Waals surface area contributed by atoms with Crippen molar-refractivity contribution < 1.29 is 0 Å². The highest BCUT2D eigenvalue weighted by Crippen LogP contribution is 2.27. The molecular formula is C16H27BrN2. The summed E-state index contributed by atoms with van der Waals surface area (Å²) in [7, 11) is 0. The lowest BCUT2D eigenvalue weighted by atomic mass is 10.0. The molecule has 2 nitrogen and oxygen atoms in total. The van der Waals surface area contributed by atoms with Gasteiger partial charge in [0, 0.05) is 29.6 Å². The van der Waals surface area contributed by atoms with Crippen molar-refractivity contribution in [2.24, 2.45) is 11.7 Å². The van der Waals surface area contributed by atoms with Crippen LogP contribution in [-0.2, 0) is 0 Å². The number of benzene rings is 1. The molecule has 0 aliphatic heterocycles. The van der Waals surface area contributed by atoms with Gasteiger partial charge in [-0.1, -0.05) is 41.9 Å². The smallest absolute Gasteiger partial charge is 0.0473 e. The third-order valence-electron chi connectivity index (χ3n) is 3.44. The van der Waals surface area contributed by atoms with Crippen molar-refractivity contribution in [3.8, 4) is 0 Å². The molecule has 1 atom stereocenters. The maximum atomic E-state index is 6.05. The van der Waals surface area contributed by atoms with Gasteiger partial charge in [-0.3, -0.25) is 4.90 Å². The van der Waals surface area contributed by atoms with Crippen LogP contribution in [0.15, 0.2) is 22.7 Å². The van der Waals surface area contributed by atoms with Gasteiger partial charge < -0.3 is 5.73 Å². The van der Waals surface area contributed by atoms with Gasteiger partial charge in [-0.05, 0) is 43.9 Å². The number of nitrogens with two attached hydrogens (primary N) is 1. The zero-order valence-electron chi connectivity index (χ0n) is 12.8. The van der Waals surface area contributed by atoms with Crippen LogP contribution in [-0.4, -0.2) is 24.0 Å². The summed E-state index contributed by atoms with van der Waals surface area (Å²) in [4.78, 5) is 2.50. The molecule has 3 heteroatoms. The fraction of sp³-hybridized carbons (Fsp3) is 0.625. The lowest BCUT2D eigenvalue weighted by molar-refractivity contribution is 0.138. The van der Waals surface area contributed by atoms with Crippen molar-refractivity contribution in [2.45, 2.75) is 46.7 Å². The average molecular weight is 327 g/mol. The standard InChI is InChI=1S/C16H27BrN2/c1-11(2)10-19(12(3)4)16(9-18)14-7-6-13(5)15(17)8-14/h6-8,11-12,16H,9-10,18H2,1-5H3. The van der Waals surface area contributed by atoms with E-state index in [2.05, 4.69) is 73.6 Å². The van der Waals surface area contributed by atoms with Gasteiger partial charge in [0.05, 0.1) is 0 Å². The van der Waals surface area contributed by atoms with Gasteiger partial charge in [-0.2, -0.15) is 0 Å². The SMILES string of the molecule is Cc1ccc(C(CN)N(CC(C)C)C(C)C)cc1Br. The summed E-state index contributed by atoms with van der Waals surface area (Å²) in [6.45, 7) is 12.8. The number of nitrogens with zero attached hydrogens (tertiary/aromatic N) is 1. The lowest BCUT2D eigenvalue weighted by Crippen LogP contribution is -2.40. The Bertz CT molecular complexity index is 402. The monoisotopic (exact) mass is 326 g/mol. The Morgan fingerprint density at radius 2 is 1.84 bits per heavy atom. The van der Waals surface area contributed by atoms with Gasteiger partial charge in [-0.25, -0.2) is 0 Å². The molecule has 0 fully saturated rings. The van der Waals surface area contributed by atoms with E-state index >= 15 is 0 Å². The second-order valence-corrected chi connectivity index (χ2v) is 6.80. The molecule has 1 aromatic carbocycles. The topological polar surface area (TPSA) is 29.3 Å². The van der Waals surface area contributed by atoms with Crippen molar-refractivity contribution in [2.75, 3.05) is 13.1 Å². The van der Waals surface area contributed by atoms with Crippen LogP contribution < -0.4 is 5.73 Å². The predicted molar refractivity (Wildman–Crippen MR) is 87.4 cm³/mol. The first-order valence-corrected chi connectivity index (χ1v) is 7.88. The molecule has 19 heavy (non-hydrogen) atoms. The summed E-state index contributed by atoms with van der Waals surface area (Å²) < 4.78 is 1.16. The Kier molecular flexibility index (Phi) is 6.51. The molecule has 1 rings (SSSR count). The van der Waals surface area contributed by atoms with Gasteiger partial charge in [-0.15, -0.1) is 0 Å². The van der Waals surface area contributed by atoms with Crippen LogP contribution in [0.25, 0.3) is 0 Å². The van der Waals surface area contributed by atoms with E-state index < -0.39 is 0 Å². The van der Waals surface area contributed by atoms with Crippen LogP contribution in [0.4, 0.5) is 0 Å².